The van der Waals surface area contributed by atoms with E-state index in [9.17, 15) is 0 Å². The number of hydrogen-bond acceptors (Lipinski definition) is 5. The van der Waals surface area contributed by atoms with Gasteiger partial charge >= 0.3 is 0 Å². The molecule has 0 fully saturated rings. The first-order valence-corrected chi connectivity index (χ1v) is 6.06. The molecule has 0 aliphatic rings. The molecule has 0 bridgehead atoms. The van der Waals surface area contributed by atoms with Gasteiger partial charge in [-0.2, -0.15) is 4.98 Å². The summed E-state index contributed by atoms with van der Waals surface area (Å²) in [6, 6.07) is 8.36. The topological polar surface area (TPSA) is 68.2 Å². The normalized spacial score (nSPS) is 10.6. The van der Waals surface area contributed by atoms with Gasteiger partial charge in [0.1, 0.15) is 0 Å². The smallest absolute Gasteiger partial charge is 0.240 e. The number of nitrogens with zero attached hydrogens (tertiary/aromatic N) is 3. The minimum absolute atomic E-state index is 0.281. The van der Waals surface area contributed by atoms with Crippen LogP contribution in [0, 0.1) is 6.92 Å². The molecule has 0 saturated heterocycles. The van der Waals surface area contributed by atoms with Gasteiger partial charge in [0.2, 0.25) is 5.89 Å². The molecule has 0 aliphatic carbocycles. The number of anilines is 1. The summed E-state index contributed by atoms with van der Waals surface area (Å²) in [5, 5.41) is 3.91. The SMILES string of the molecule is CCN(Cc1noc(CN)n1)c1cccc(C)c1. The van der Waals surface area contributed by atoms with Gasteiger partial charge in [0.15, 0.2) is 5.82 Å². The Morgan fingerprint density at radius 3 is 2.83 bits per heavy atom. The van der Waals surface area contributed by atoms with Crippen LogP contribution in [-0.4, -0.2) is 16.7 Å². The van der Waals surface area contributed by atoms with Crippen LogP contribution >= 0.6 is 0 Å². The number of rotatable bonds is 5. The van der Waals surface area contributed by atoms with Crippen LogP contribution in [0.4, 0.5) is 5.69 Å². The Hall–Kier alpha value is -1.88. The van der Waals surface area contributed by atoms with Crippen molar-refractivity contribution in [3.63, 3.8) is 0 Å². The summed E-state index contributed by atoms with van der Waals surface area (Å²) < 4.78 is 5.01. The zero-order valence-corrected chi connectivity index (χ0v) is 10.8. The fourth-order valence-electron chi connectivity index (χ4n) is 1.82. The first kappa shape index (κ1) is 12.6. The van der Waals surface area contributed by atoms with E-state index in [-0.39, 0.29) is 6.54 Å². The van der Waals surface area contributed by atoms with Crippen LogP contribution in [0.3, 0.4) is 0 Å². The first-order valence-electron chi connectivity index (χ1n) is 6.06. The van der Waals surface area contributed by atoms with E-state index in [0.717, 1.165) is 12.2 Å². The maximum absolute atomic E-state index is 5.45. The second kappa shape index (κ2) is 5.64. The minimum Gasteiger partial charge on any atom is -0.364 e. The molecule has 1 heterocycles. The van der Waals surface area contributed by atoms with Crippen molar-refractivity contribution in [2.75, 3.05) is 11.4 Å². The summed E-state index contributed by atoms with van der Waals surface area (Å²) in [6.07, 6.45) is 0. The van der Waals surface area contributed by atoms with Crippen molar-refractivity contribution < 1.29 is 4.52 Å². The molecular weight excluding hydrogens is 228 g/mol. The maximum Gasteiger partial charge on any atom is 0.240 e. The number of nitrogens with two attached hydrogens (primary N) is 1. The highest BCUT2D eigenvalue weighted by atomic mass is 16.5. The van der Waals surface area contributed by atoms with Crippen molar-refractivity contribution in [1.29, 1.82) is 0 Å². The molecule has 2 aromatic rings. The molecule has 96 valence electrons. The van der Waals surface area contributed by atoms with Crippen molar-refractivity contribution >= 4 is 5.69 Å². The Labute approximate surface area is 107 Å². The Kier molecular flexibility index (Phi) is 3.94. The number of aromatic nitrogens is 2. The Morgan fingerprint density at radius 2 is 2.22 bits per heavy atom. The zero-order valence-electron chi connectivity index (χ0n) is 10.8. The van der Waals surface area contributed by atoms with E-state index < -0.39 is 0 Å². The third kappa shape index (κ3) is 2.87. The van der Waals surface area contributed by atoms with Gasteiger partial charge < -0.3 is 15.2 Å². The van der Waals surface area contributed by atoms with Crippen molar-refractivity contribution in [2.45, 2.75) is 26.9 Å². The van der Waals surface area contributed by atoms with E-state index in [4.69, 9.17) is 10.3 Å². The lowest BCUT2D eigenvalue weighted by Crippen LogP contribution is -2.22. The molecule has 18 heavy (non-hydrogen) atoms. The molecular formula is C13H18N4O. The van der Waals surface area contributed by atoms with Crippen molar-refractivity contribution in [1.82, 2.24) is 10.1 Å². The molecule has 1 aromatic heterocycles. The lowest BCUT2D eigenvalue weighted by molar-refractivity contribution is 0.374. The van der Waals surface area contributed by atoms with E-state index in [1.165, 1.54) is 5.56 Å². The second-order valence-electron chi connectivity index (χ2n) is 4.16. The fraction of sp³-hybridized carbons (Fsp3) is 0.385. The molecule has 0 unspecified atom stereocenters. The number of benzene rings is 1. The predicted octanol–water partition coefficient (Wildman–Crippen LogP) is 1.86. The predicted molar refractivity (Wildman–Crippen MR) is 70.1 cm³/mol. The van der Waals surface area contributed by atoms with E-state index in [1.54, 1.807) is 0 Å². The van der Waals surface area contributed by atoms with Gasteiger partial charge in [0, 0.05) is 12.2 Å². The van der Waals surface area contributed by atoms with Crippen LogP contribution in [0.5, 0.6) is 0 Å². The zero-order chi connectivity index (χ0) is 13.0. The summed E-state index contributed by atoms with van der Waals surface area (Å²) >= 11 is 0. The largest absolute Gasteiger partial charge is 0.364 e. The van der Waals surface area contributed by atoms with Crippen molar-refractivity contribution in [2.24, 2.45) is 5.73 Å². The van der Waals surface area contributed by atoms with Crippen LogP contribution in [0.1, 0.15) is 24.2 Å². The summed E-state index contributed by atoms with van der Waals surface area (Å²) in [5.41, 5.74) is 7.85. The van der Waals surface area contributed by atoms with Gasteiger partial charge in [0.05, 0.1) is 13.1 Å². The first-order chi connectivity index (χ1) is 8.72. The fourth-order valence-corrected chi connectivity index (χ4v) is 1.82. The molecule has 0 atom stereocenters. The third-order valence-corrected chi connectivity index (χ3v) is 2.77. The standard InChI is InChI=1S/C13H18N4O/c1-3-17(11-6-4-5-10(2)7-11)9-12-15-13(8-14)18-16-12/h4-7H,3,8-9,14H2,1-2H3. The molecule has 0 saturated carbocycles. The molecule has 5 nitrogen and oxygen atoms in total. The van der Waals surface area contributed by atoms with Gasteiger partial charge in [-0.05, 0) is 31.5 Å². The van der Waals surface area contributed by atoms with Crippen molar-refractivity contribution in [3.8, 4) is 0 Å². The van der Waals surface area contributed by atoms with Crippen LogP contribution in [0.15, 0.2) is 28.8 Å². The van der Waals surface area contributed by atoms with Crippen LogP contribution < -0.4 is 10.6 Å². The average Bonchev–Trinajstić information content (AvgIpc) is 2.83. The number of hydrogen-bond donors (Lipinski definition) is 1. The molecule has 0 spiro atoms. The van der Waals surface area contributed by atoms with Crippen LogP contribution in [0.25, 0.3) is 0 Å². The molecule has 2 N–H and O–H groups in total. The minimum atomic E-state index is 0.281. The summed E-state index contributed by atoms with van der Waals surface area (Å²) in [5.74, 6) is 1.14. The Balaban J connectivity index is 2.14. The molecule has 1 aromatic carbocycles. The van der Waals surface area contributed by atoms with Gasteiger partial charge in [-0.3, -0.25) is 0 Å². The number of aryl methyl sites for hydroxylation is 1. The van der Waals surface area contributed by atoms with Gasteiger partial charge in [-0.15, -0.1) is 0 Å². The summed E-state index contributed by atoms with van der Waals surface area (Å²) in [4.78, 5) is 6.41. The molecule has 0 amide bonds. The maximum atomic E-state index is 5.45. The molecule has 5 heteroatoms. The monoisotopic (exact) mass is 246 g/mol. The highest BCUT2D eigenvalue weighted by Gasteiger charge is 2.10. The summed E-state index contributed by atoms with van der Waals surface area (Å²) in [7, 11) is 0. The second-order valence-corrected chi connectivity index (χ2v) is 4.16. The molecule has 0 radical (unpaired) electrons. The van der Waals surface area contributed by atoms with E-state index >= 15 is 0 Å². The van der Waals surface area contributed by atoms with Crippen LogP contribution in [-0.2, 0) is 13.1 Å². The van der Waals surface area contributed by atoms with Crippen LogP contribution in [0.2, 0.25) is 0 Å². The van der Waals surface area contributed by atoms with E-state index in [0.29, 0.717) is 18.3 Å². The van der Waals surface area contributed by atoms with E-state index in [1.807, 2.05) is 0 Å². The van der Waals surface area contributed by atoms with Gasteiger partial charge in [-0.1, -0.05) is 17.3 Å². The summed E-state index contributed by atoms with van der Waals surface area (Å²) in [6.45, 7) is 5.98. The molecule has 2 rings (SSSR count). The Bertz CT molecular complexity index is 509. The van der Waals surface area contributed by atoms with Gasteiger partial charge in [-0.25, -0.2) is 0 Å². The van der Waals surface area contributed by atoms with Crippen molar-refractivity contribution in [3.05, 3.63) is 41.5 Å². The quantitative estimate of drug-likeness (QED) is 0.872. The Morgan fingerprint density at radius 1 is 1.39 bits per heavy atom. The average molecular weight is 246 g/mol. The lowest BCUT2D eigenvalue weighted by atomic mass is 10.2. The third-order valence-electron chi connectivity index (χ3n) is 2.77. The van der Waals surface area contributed by atoms with E-state index in [2.05, 4.69) is 53.2 Å². The van der Waals surface area contributed by atoms with Gasteiger partial charge in [0.25, 0.3) is 0 Å². The highest BCUT2D eigenvalue weighted by Crippen LogP contribution is 2.17. The molecule has 0 aliphatic heterocycles. The lowest BCUT2D eigenvalue weighted by Gasteiger charge is -2.21. The highest BCUT2D eigenvalue weighted by molar-refractivity contribution is 5.48.